The lowest BCUT2D eigenvalue weighted by Crippen LogP contribution is -1.82. The Hall–Kier alpha value is -1.28. The summed E-state index contributed by atoms with van der Waals surface area (Å²) < 4.78 is 13.4. The highest BCUT2D eigenvalue weighted by Crippen LogP contribution is 2.24. The van der Waals surface area contributed by atoms with Gasteiger partial charge in [-0.2, -0.15) is 0 Å². The van der Waals surface area contributed by atoms with E-state index in [4.69, 9.17) is 0 Å². The second-order valence-corrected chi connectivity index (χ2v) is 3.55. The highest BCUT2D eigenvalue weighted by molar-refractivity contribution is 7.80. The molecule has 2 rings (SSSR count). The van der Waals surface area contributed by atoms with Gasteiger partial charge < -0.3 is 0 Å². The average Bonchev–Trinajstić information content (AvgIpc) is 2.18. The van der Waals surface area contributed by atoms with E-state index in [2.05, 4.69) is 12.6 Å². The van der Waals surface area contributed by atoms with Crippen molar-refractivity contribution >= 4 is 12.6 Å². The molecule has 0 atom stereocenters. The first-order valence-electron chi connectivity index (χ1n) is 4.31. The van der Waals surface area contributed by atoms with Gasteiger partial charge in [-0.15, -0.1) is 12.6 Å². The van der Waals surface area contributed by atoms with Crippen LogP contribution in [0.3, 0.4) is 0 Å². The molecule has 2 aromatic carbocycles. The average molecular weight is 204 g/mol. The molecule has 0 bridgehead atoms. The maximum atomic E-state index is 13.4. The molecule has 2 aromatic rings. The summed E-state index contributed by atoms with van der Waals surface area (Å²) >= 11 is 4.22. The molecule has 0 aliphatic heterocycles. The van der Waals surface area contributed by atoms with Crippen LogP contribution in [0.15, 0.2) is 53.4 Å². The normalized spacial score (nSPS) is 10.1. The van der Waals surface area contributed by atoms with E-state index in [0.29, 0.717) is 5.56 Å². The van der Waals surface area contributed by atoms with E-state index in [-0.39, 0.29) is 5.82 Å². The largest absolute Gasteiger partial charge is 0.206 e. The zero-order chi connectivity index (χ0) is 9.97. The summed E-state index contributed by atoms with van der Waals surface area (Å²) in [5, 5.41) is 0. The second kappa shape index (κ2) is 3.84. The zero-order valence-corrected chi connectivity index (χ0v) is 8.34. The van der Waals surface area contributed by atoms with Crippen LogP contribution < -0.4 is 0 Å². The van der Waals surface area contributed by atoms with Crippen LogP contribution in [-0.4, -0.2) is 0 Å². The summed E-state index contributed by atoms with van der Waals surface area (Å²) in [6, 6.07) is 14.2. The summed E-state index contributed by atoms with van der Waals surface area (Å²) in [4.78, 5) is 0.839. The van der Waals surface area contributed by atoms with Crippen LogP contribution in [0.1, 0.15) is 0 Å². The van der Waals surface area contributed by atoms with Crippen LogP contribution in [0.5, 0.6) is 0 Å². The Bertz CT molecular complexity index is 452. The van der Waals surface area contributed by atoms with Crippen molar-refractivity contribution in [3.8, 4) is 11.1 Å². The van der Waals surface area contributed by atoms with Crippen LogP contribution in [0, 0.1) is 5.82 Å². The van der Waals surface area contributed by atoms with Gasteiger partial charge in [0.15, 0.2) is 0 Å². The molecular weight excluding hydrogens is 195 g/mol. The minimum absolute atomic E-state index is 0.202. The van der Waals surface area contributed by atoms with E-state index >= 15 is 0 Å². The fourth-order valence-electron chi connectivity index (χ4n) is 1.37. The van der Waals surface area contributed by atoms with Crippen LogP contribution in [0.4, 0.5) is 4.39 Å². The molecule has 0 aliphatic carbocycles. The predicted molar refractivity (Wildman–Crippen MR) is 59.1 cm³/mol. The molecule has 0 radical (unpaired) electrons. The standard InChI is InChI=1S/C12H9FS/c13-12-7-2-1-6-11(12)9-4-3-5-10(14)8-9/h1-8,14H. The van der Waals surface area contributed by atoms with E-state index < -0.39 is 0 Å². The SMILES string of the molecule is Fc1ccccc1-c1cccc(S)c1. The van der Waals surface area contributed by atoms with Crippen molar-refractivity contribution in [2.75, 3.05) is 0 Å². The number of hydrogen-bond donors (Lipinski definition) is 1. The Morgan fingerprint density at radius 3 is 2.43 bits per heavy atom. The predicted octanol–water partition coefficient (Wildman–Crippen LogP) is 3.78. The fraction of sp³-hybridized carbons (Fsp3) is 0. The monoisotopic (exact) mass is 204 g/mol. The first-order chi connectivity index (χ1) is 6.77. The van der Waals surface area contributed by atoms with Gasteiger partial charge >= 0.3 is 0 Å². The number of halogens is 1. The third-order valence-electron chi connectivity index (χ3n) is 2.03. The van der Waals surface area contributed by atoms with Crippen molar-refractivity contribution in [2.24, 2.45) is 0 Å². The Morgan fingerprint density at radius 2 is 1.71 bits per heavy atom. The molecule has 0 unspecified atom stereocenters. The van der Waals surface area contributed by atoms with Gasteiger partial charge in [-0.1, -0.05) is 30.3 Å². The summed E-state index contributed by atoms with van der Waals surface area (Å²) in [6.07, 6.45) is 0. The third-order valence-corrected chi connectivity index (χ3v) is 2.31. The molecule has 70 valence electrons. The number of hydrogen-bond acceptors (Lipinski definition) is 1. The Kier molecular flexibility index (Phi) is 2.55. The molecule has 0 aromatic heterocycles. The van der Waals surface area contributed by atoms with Crippen LogP contribution in [-0.2, 0) is 0 Å². The molecule has 0 saturated carbocycles. The highest BCUT2D eigenvalue weighted by Gasteiger charge is 2.02. The molecule has 14 heavy (non-hydrogen) atoms. The molecular formula is C12H9FS. The van der Waals surface area contributed by atoms with Crippen LogP contribution in [0.25, 0.3) is 11.1 Å². The van der Waals surface area contributed by atoms with Gasteiger partial charge in [-0.05, 0) is 23.8 Å². The molecule has 0 N–H and O–H groups in total. The molecule has 0 fully saturated rings. The van der Waals surface area contributed by atoms with Crippen molar-refractivity contribution in [3.05, 3.63) is 54.3 Å². The van der Waals surface area contributed by atoms with Crippen molar-refractivity contribution in [1.29, 1.82) is 0 Å². The highest BCUT2D eigenvalue weighted by atomic mass is 32.1. The van der Waals surface area contributed by atoms with Crippen molar-refractivity contribution in [3.63, 3.8) is 0 Å². The minimum Gasteiger partial charge on any atom is -0.206 e. The van der Waals surface area contributed by atoms with E-state index in [1.165, 1.54) is 6.07 Å². The maximum absolute atomic E-state index is 13.4. The lowest BCUT2D eigenvalue weighted by Gasteiger charge is -2.03. The Balaban J connectivity index is 2.55. The van der Waals surface area contributed by atoms with Crippen molar-refractivity contribution in [2.45, 2.75) is 4.90 Å². The summed E-state index contributed by atoms with van der Waals surface area (Å²) in [7, 11) is 0. The summed E-state index contributed by atoms with van der Waals surface area (Å²) in [6.45, 7) is 0. The van der Waals surface area contributed by atoms with Gasteiger partial charge in [-0.3, -0.25) is 0 Å². The maximum Gasteiger partial charge on any atom is 0.131 e. The first-order valence-corrected chi connectivity index (χ1v) is 4.76. The number of benzene rings is 2. The van der Waals surface area contributed by atoms with Gasteiger partial charge in [0.2, 0.25) is 0 Å². The quantitative estimate of drug-likeness (QED) is 0.671. The second-order valence-electron chi connectivity index (χ2n) is 3.03. The third kappa shape index (κ3) is 1.80. The fourth-order valence-corrected chi connectivity index (χ4v) is 1.59. The molecule has 0 saturated heterocycles. The number of thiol groups is 1. The lowest BCUT2D eigenvalue weighted by molar-refractivity contribution is 0.631. The van der Waals surface area contributed by atoms with Crippen molar-refractivity contribution in [1.82, 2.24) is 0 Å². The molecule has 0 spiro atoms. The van der Waals surface area contributed by atoms with Gasteiger partial charge in [0.05, 0.1) is 0 Å². The lowest BCUT2D eigenvalue weighted by atomic mass is 10.1. The topological polar surface area (TPSA) is 0 Å². The first kappa shape index (κ1) is 9.28. The Labute approximate surface area is 87.8 Å². The minimum atomic E-state index is -0.202. The van der Waals surface area contributed by atoms with E-state index in [0.717, 1.165) is 10.5 Å². The molecule has 2 heteroatoms. The van der Waals surface area contributed by atoms with E-state index in [9.17, 15) is 4.39 Å². The molecule has 0 nitrogen and oxygen atoms in total. The van der Waals surface area contributed by atoms with Crippen LogP contribution in [0.2, 0.25) is 0 Å². The summed E-state index contributed by atoms with van der Waals surface area (Å²) in [5.74, 6) is -0.202. The van der Waals surface area contributed by atoms with Gasteiger partial charge in [0, 0.05) is 10.5 Å². The molecule has 0 amide bonds. The number of rotatable bonds is 1. The van der Waals surface area contributed by atoms with Gasteiger partial charge in [0.1, 0.15) is 5.82 Å². The van der Waals surface area contributed by atoms with E-state index in [1.54, 1.807) is 12.1 Å². The van der Waals surface area contributed by atoms with Crippen LogP contribution >= 0.6 is 12.6 Å². The van der Waals surface area contributed by atoms with Crippen molar-refractivity contribution < 1.29 is 4.39 Å². The summed E-state index contributed by atoms with van der Waals surface area (Å²) in [5.41, 5.74) is 1.47. The van der Waals surface area contributed by atoms with Gasteiger partial charge in [0.25, 0.3) is 0 Å². The smallest absolute Gasteiger partial charge is 0.131 e. The Morgan fingerprint density at radius 1 is 0.929 bits per heavy atom. The zero-order valence-electron chi connectivity index (χ0n) is 7.44. The molecule has 0 heterocycles. The van der Waals surface area contributed by atoms with E-state index in [1.807, 2.05) is 30.3 Å². The molecule has 0 aliphatic rings. The van der Waals surface area contributed by atoms with Gasteiger partial charge in [-0.25, -0.2) is 4.39 Å².